The summed E-state index contributed by atoms with van der Waals surface area (Å²) in [6.45, 7) is 13.5. The molecule has 0 bridgehead atoms. The van der Waals surface area contributed by atoms with Gasteiger partial charge in [0.05, 0.1) is 17.1 Å². The maximum absolute atomic E-state index is 12.5. The van der Waals surface area contributed by atoms with E-state index in [9.17, 15) is 14.4 Å². The monoisotopic (exact) mass is 538 g/mol. The third-order valence-corrected chi connectivity index (χ3v) is 8.32. The van der Waals surface area contributed by atoms with Gasteiger partial charge in [0.1, 0.15) is 5.60 Å². The third-order valence-electron chi connectivity index (χ3n) is 8.32. The molecular weight excluding hydrogens is 496 g/mol. The molecule has 1 unspecified atom stereocenters. The van der Waals surface area contributed by atoms with E-state index in [2.05, 4.69) is 45.3 Å². The molecule has 3 saturated heterocycles. The second-order valence-corrected chi connectivity index (χ2v) is 12.4. The quantitative estimate of drug-likeness (QED) is 0.597. The number of aryl methyl sites for hydroxylation is 1. The standard InChI is InChI=1S/C29H42N6O4/c1-19-17-35(15-14-34(19)18-20-10-12-33(13-11-20)28(38)39-29(2,3)4)21-6-7-22-24(16-21)32(5)31-26(22)23-8-9-25(36)30-27(23)37/h6-7,16,19-20,23H,8-15,17-18H2,1-5H3,(H,30,36,37)/t19-,23?/m0/s1. The van der Waals surface area contributed by atoms with E-state index < -0.39 is 11.5 Å². The van der Waals surface area contributed by atoms with Crippen LogP contribution >= 0.6 is 0 Å². The van der Waals surface area contributed by atoms with Crippen LogP contribution in [0.3, 0.4) is 0 Å². The number of anilines is 1. The van der Waals surface area contributed by atoms with Crippen molar-refractivity contribution in [2.45, 2.75) is 70.9 Å². The summed E-state index contributed by atoms with van der Waals surface area (Å²) < 4.78 is 7.39. The SMILES string of the molecule is C[C@H]1CN(c2ccc3c(C4CCC(=O)NC4=O)nn(C)c3c2)CCN1CC1CCN(C(=O)OC(C)(C)C)CC1. The molecule has 1 N–H and O–H groups in total. The fourth-order valence-corrected chi connectivity index (χ4v) is 6.14. The van der Waals surface area contributed by atoms with E-state index in [1.54, 1.807) is 0 Å². The minimum atomic E-state index is -0.458. The second-order valence-electron chi connectivity index (χ2n) is 12.4. The number of aromatic nitrogens is 2. The number of piperazine rings is 1. The molecule has 10 heteroatoms. The summed E-state index contributed by atoms with van der Waals surface area (Å²) in [6.07, 6.45) is 2.67. The molecule has 0 radical (unpaired) electrons. The zero-order valence-corrected chi connectivity index (χ0v) is 23.9. The number of hydrogen-bond donors (Lipinski definition) is 1. The number of hydrogen-bond acceptors (Lipinski definition) is 7. The largest absolute Gasteiger partial charge is 0.444 e. The number of likely N-dealkylation sites (tertiary alicyclic amines) is 1. The van der Waals surface area contributed by atoms with Gasteiger partial charge < -0.3 is 14.5 Å². The first kappa shape index (κ1) is 27.4. The van der Waals surface area contributed by atoms with Gasteiger partial charge in [0.25, 0.3) is 0 Å². The number of fused-ring (bicyclic) bond motifs is 1. The van der Waals surface area contributed by atoms with Crippen LogP contribution in [0.1, 0.15) is 65.0 Å². The Balaban J connectivity index is 1.18. The van der Waals surface area contributed by atoms with E-state index in [1.165, 1.54) is 0 Å². The lowest BCUT2D eigenvalue weighted by atomic mass is 9.92. The lowest BCUT2D eigenvalue weighted by Crippen LogP contribution is -2.54. The highest BCUT2D eigenvalue weighted by atomic mass is 16.6. The molecule has 3 aliphatic heterocycles. The molecule has 2 aromatic rings. The van der Waals surface area contributed by atoms with Crippen molar-refractivity contribution >= 4 is 34.5 Å². The second kappa shape index (κ2) is 10.8. The molecule has 212 valence electrons. The van der Waals surface area contributed by atoms with E-state index in [4.69, 9.17) is 4.74 Å². The number of ether oxygens (including phenoxy) is 1. The highest BCUT2D eigenvalue weighted by Crippen LogP contribution is 2.33. The number of imide groups is 1. The van der Waals surface area contributed by atoms with E-state index in [-0.39, 0.29) is 17.9 Å². The highest BCUT2D eigenvalue weighted by Gasteiger charge is 2.33. The van der Waals surface area contributed by atoms with Crippen molar-refractivity contribution in [1.29, 1.82) is 0 Å². The first-order valence-electron chi connectivity index (χ1n) is 14.3. The topological polar surface area (TPSA) is 100 Å². The maximum Gasteiger partial charge on any atom is 0.410 e. The van der Waals surface area contributed by atoms with Gasteiger partial charge in [-0.2, -0.15) is 5.10 Å². The van der Waals surface area contributed by atoms with Crippen LogP contribution < -0.4 is 10.2 Å². The Bertz CT molecular complexity index is 1240. The van der Waals surface area contributed by atoms with Crippen LogP contribution in [0.25, 0.3) is 10.9 Å². The number of amides is 3. The molecule has 5 rings (SSSR count). The van der Waals surface area contributed by atoms with Crippen molar-refractivity contribution in [3.05, 3.63) is 23.9 Å². The maximum atomic E-state index is 12.5. The predicted molar refractivity (Wildman–Crippen MR) is 150 cm³/mol. The molecule has 10 nitrogen and oxygen atoms in total. The first-order valence-corrected chi connectivity index (χ1v) is 14.3. The molecule has 1 aromatic heterocycles. The number of nitrogens with one attached hydrogen (secondary N) is 1. The van der Waals surface area contributed by atoms with Crippen molar-refractivity contribution in [1.82, 2.24) is 24.9 Å². The molecule has 1 aromatic carbocycles. The summed E-state index contributed by atoms with van der Waals surface area (Å²) in [4.78, 5) is 43.3. The van der Waals surface area contributed by atoms with Crippen molar-refractivity contribution in [2.75, 3.05) is 44.2 Å². The van der Waals surface area contributed by atoms with Gasteiger partial charge in [-0.1, -0.05) is 0 Å². The average molecular weight is 539 g/mol. The predicted octanol–water partition coefficient (Wildman–Crippen LogP) is 3.25. The molecule has 0 aliphatic carbocycles. The minimum Gasteiger partial charge on any atom is -0.444 e. The zero-order chi connectivity index (χ0) is 27.9. The number of benzene rings is 1. The highest BCUT2D eigenvalue weighted by molar-refractivity contribution is 6.02. The Morgan fingerprint density at radius 3 is 2.51 bits per heavy atom. The zero-order valence-electron chi connectivity index (χ0n) is 23.9. The lowest BCUT2D eigenvalue weighted by molar-refractivity contribution is -0.134. The van der Waals surface area contributed by atoms with Crippen LogP contribution in [-0.4, -0.2) is 88.4 Å². The van der Waals surface area contributed by atoms with Gasteiger partial charge in [-0.05, 0) is 71.1 Å². The van der Waals surface area contributed by atoms with Crippen LogP contribution in [0.15, 0.2) is 18.2 Å². The summed E-state index contributed by atoms with van der Waals surface area (Å²) in [5.74, 6) is -0.264. The normalized spacial score (nSPS) is 23.8. The Labute approximate surface area is 230 Å². The molecule has 2 atom stereocenters. The molecule has 3 amide bonds. The Morgan fingerprint density at radius 2 is 1.85 bits per heavy atom. The Kier molecular flexibility index (Phi) is 7.59. The summed E-state index contributed by atoms with van der Waals surface area (Å²) in [7, 11) is 1.91. The molecule has 4 heterocycles. The van der Waals surface area contributed by atoms with Crippen LogP contribution in [0.5, 0.6) is 0 Å². The van der Waals surface area contributed by atoms with Crippen LogP contribution in [0.2, 0.25) is 0 Å². The molecule has 0 spiro atoms. The number of carbonyl (C=O) groups excluding carboxylic acids is 3. The van der Waals surface area contributed by atoms with Gasteiger partial charge in [-0.25, -0.2) is 4.79 Å². The summed E-state index contributed by atoms with van der Waals surface area (Å²) in [6, 6.07) is 6.80. The summed E-state index contributed by atoms with van der Waals surface area (Å²) in [5.41, 5.74) is 2.46. The summed E-state index contributed by atoms with van der Waals surface area (Å²) in [5, 5.41) is 8.11. The minimum absolute atomic E-state index is 0.197. The first-order chi connectivity index (χ1) is 18.5. The van der Waals surface area contributed by atoms with Gasteiger partial charge in [-0.3, -0.25) is 24.5 Å². The van der Waals surface area contributed by atoms with Gasteiger partial charge >= 0.3 is 6.09 Å². The third kappa shape index (κ3) is 6.05. The number of rotatable bonds is 4. The van der Waals surface area contributed by atoms with Crippen molar-refractivity contribution in [3.63, 3.8) is 0 Å². The average Bonchev–Trinajstić information content (AvgIpc) is 3.20. The Morgan fingerprint density at radius 1 is 1.10 bits per heavy atom. The van der Waals surface area contributed by atoms with Crippen molar-refractivity contribution in [2.24, 2.45) is 13.0 Å². The van der Waals surface area contributed by atoms with Crippen LogP contribution in [0.4, 0.5) is 10.5 Å². The molecule has 3 fully saturated rings. The van der Waals surface area contributed by atoms with Gasteiger partial charge in [0.2, 0.25) is 11.8 Å². The number of carbonyl (C=O) groups is 3. The van der Waals surface area contributed by atoms with E-state index in [0.717, 1.165) is 74.4 Å². The summed E-state index contributed by atoms with van der Waals surface area (Å²) >= 11 is 0. The van der Waals surface area contributed by atoms with Crippen LogP contribution in [-0.2, 0) is 21.4 Å². The van der Waals surface area contributed by atoms with Gasteiger partial charge in [-0.15, -0.1) is 0 Å². The van der Waals surface area contributed by atoms with E-state index in [1.807, 2.05) is 37.4 Å². The van der Waals surface area contributed by atoms with E-state index >= 15 is 0 Å². The molecular formula is C29H42N6O4. The number of piperidine rings is 2. The fraction of sp³-hybridized carbons (Fsp3) is 0.655. The van der Waals surface area contributed by atoms with Crippen LogP contribution in [0, 0.1) is 5.92 Å². The molecule has 39 heavy (non-hydrogen) atoms. The number of nitrogens with zero attached hydrogens (tertiary/aromatic N) is 5. The fourth-order valence-electron chi connectivity index (χ4n) is 6.14. The van der Waals surface area contributed by atoms with Crippen molar-refractivity contribution in [3.8, 4) is 0 Å². The lowest BCUT2D eigenvalue weighted by Gasteiger charge is -2.43. The molecule has 0 saturated carbocycles. The van der Waals surface area contributed by atoms with Gasteiger partial charge in [0, 0.05) is 69.9 Å². The Hall–Kier alpha value is -3.14. The van der Waals surface area contributed by atoms with Gasteiger partial charge in [0.15, 0.2) is 0 Å². The van der Waals surface area contributed by atoms with E-state index in [0.29, 0.717) is 24.8 Å². The smallest absolute Gasteiger partial charge is 0.410 e. The van der Waals surface area contributed by atoms with Crippen molar-refractivity contribution < 1.29 is 19.1 Å². The molecule has 3 aliphatic rings.